The normalized spacial score (nSPS) is 10.4. The molecular formula is C20H24N2O3. The van der Waals surface area contributed by atoms with Crippen LogP contribution in [-0.2, 0) is 29.0 Å². The van der Waals surface area contributed by atoms with Crippen LogP contribution in [-0.4, -0.2) is 23.5 Å². The quantitative estimate of drug-likeness (QED) is 0.706. The van der Waals surface area contributed by atoms with Gasteiger partial charge >= 0.3 is 11.8 Å². The lowest BCUT2D eigenvalue weighted by Crippen LogP contribution is -2.36. The van der Waals surface area contributed by atoms with Gasteiger partial charge in [0.25, 0.3) is 0 Å². The van der Waals surface area contributed by atoms with Crippen LogP contribution in [0.5, 0.6) is 0 Å². The molecule has 0 heterocycles. The van der Waals surface area contributed by atoms with Gasteiger partial charge in [0.05, 0.1) is 6.61 Å². The predicted octanol–water partition coefficient (Wildman–Crippen LogP) is 2.35. The average Bonchev–Trinajstić information content (AvgIpc) is 2.63. The first-order chi connectivity index (χ1) is 12.0. The van der Waals surface area contributed by atoms with E-state index in [1.165, 1.54) is 0 Å². The second-order valence-corrected chi connectivity index (χ2v) is 5.93. The molecule has 0 fully saturated rings. The number of amides is 2. The Kier molecular flexibility index (Phi) is 6.71. The zero-order valence-corrected chi connectivity index (χ0v) is 14.6. The van der Waals surface area contributed by atoms with E-state index in [1.54, 1.807) is 6.07 Å². The smallest absolute Gasteiger partial charge is 0.313 e. The van der Waals surface area contributed by atoms with E-state index in [2.05, 4.69) is 10.6 Å². The Bertz CT molecular complexity index is 739. The number of hydrogen-bond donors (Lipinski definition) is 3. The molecule has 132 valence electrons. The van der Waals surface area contributed by atoms with Crippen molar-refractivity contribution >= 4 is 17.5 Å². The van der Waals surface area contributed by atoms with Gasteiger partial charge in [0.1, 0.15) is 0 Å². The molecule has 5 heteroatoms. The molecule has 0 unspecified atom stereocenters. The van der Waals surface area contributed by atoms with Gasteiger partial charge in [-0.2, -0.15) is 0 Å². The first kappa shape index (κ1) is 18.7. The van der Waals surface area contributed by atoms with Crippen LogP contribution < -0.4 is 10.6 Å². The molecule has 0 aliphatic rings. The van der Waals surface area contributed by atoms with E-state index in [9.17, 15) is 9.59 Å². The molecule has 2 amide bonds. The number of carbonyl (C=O) groups is 2. The molecule has 2 rings (SSSR count). The minimum Gasteiger partial charge on any atom is -0.392 e. The molecule has 0 aromatic heterocycles. The molecule has 0 aliphatic carbocycles. The fourth-order valence-corrected chi connectivity index (χ4v) is 2.53. The van der Waals surface area contributed by atoms with Gasteiger partial charge in [-0.1, -0.05) is 37.3 Å². The predicted molar refractivity (Wildman–Crippen MR) is 98.3 cm³/mol. The molecule has 0 radical (unpaired) electrons. The van der Waals surface area contributed by atoms with Gasteiger partial charge in [-0.05, 0) is 54.2 Å². The number of hydrogen-bond acceptors (Lipinski definition) is 3. The maximum absolute atomic E-state index is 12.0. The number of benzene rings is 2. The lowest BCUT2D eigenvalue weighted by atomic mass is 10.1. The van der Waals surface area contributed by atoms with Crippen LogP contribution in [0.1, 0.15) is 29.2 Å². The molecule has 0 spiro atoms. The second kappa shape index (κ2) is 8.99. The SMILES string of the molecule is CCc1cc(NC(=O)C(=O)NCCc2ccc(CO)cc2)ccc1C. The van der Waals surface area contributed by atoms with E-state index in [4.69, 9.17) is 5.11 Å². The zero-order valence-electron chi connectivity index (χ0n) is 14.6. The summed E-state index contributed by atoms with van der Waals surface area (Å²) >= 11 is 0. The van der Waals surface area contributed by atoms with Crippen LogP contribution in [0.25, 0.3) is 0 Å². The highest BCUT2D eigenvalue weighted by molar-refractivity contribution is 6.39. The van der Waals surface area contributed by atoms with Gasteiger partial charge < -0.3 is 15.7 Å². The van der Waals surface area contributed by atoms with Crippen molar-refractivity contribution in [1.29, 1.82) is 0 Å². The summed E-state index contributed by atoms with van der Waals surface area (Å²) in [7, 11) is 0. The standard InChI is InChI=1S/C20H24N2O3/c1-3-17-12-18(9-4-14(17)2)22-20(25)19(24)21-11-10-15-5-7-16(13-23)8-6-15/h4-9,12,23H,3,10-11,13H2,1-2H3,(H,21,24)(H,22,25). The molecule has 0 bridgehead atoms. The minimum absolute atomic E-state index is 0.00986. The van der Waals surface area contributed by atoms with Crippen LogP contribution in [0.15, 0.2) is 42.5 Å². The van der Waals surface area contributed by atoms with Crippen LogP contribution in [0.2, 0.25) is 0 Å². The Labute approximate surface area is 148 Å². The summed E-state index contributed by atoms with van der Waals surface area (Å²) in [6.07, 6.45) is 1.49. The van der Waals surface area contributed by atoms with Gasteiger partial charge in [0.2, 0.25) is 0 Å². The van der Waals surface area contributed by atoms with Gasteiger partial charge in [0, 0.05) is 12.2 Å². The first-order valence-electron chi connectivity index (χ1n) is 8.41. The summed E-state index contributed by atoms with van der Waals surface area (Å²) in [6.45, 7) is 4.45. The molecule has 5 nitrogen and oxygen atoms in total. The van der Waals surface area contributed by atoms with Crippen molar-refractivity contribution in [3.05, 3.63) is 64.7 Å². The highest BCUT2D eigenvalue weighted by atomic mass is 16.3. The van der Waals surface area contributed by atoms with Crippen molar-refractivity contribution < 1.29 is 14.7 Å². The summed E-state index contributed by atoms with van der Waals surface area (Å²) in [6, 6.07) is 13.1. The number of aliphatic hydroxyl groups excluding tert-OH is 1. The molecule has 2 aromatic rings. The Balaban J connectivity index is 1.82. The van der Waals surface area contributed by atoms with Crippen molar-refractivity contribution in [2.75, 3.05) is 11.9 Å². The summed E-state index contributed by atoms with van der Waals surface area (Å²) in [5.41, 5.74) is 4.81. The Morgan fingerprint density at radius 2 is 1.68 bits per heavy atom. The fraction of sp³-hybridized carbons (Fsp3) is 0.300. The molecule has 25 heavy (non-hydrogen) atoms. The van der Waals surface area contributed by atoms with Gasteiger partial charge in [-0.25, -0.2) is 0 Å². The highest BCUT2D eigenvalue weighted by Crippen LogP contribution is 2.15. The number of anilines is 1. The lowest BCUT2D eigenvalue weighted by Gasteiger charge is -2.09. The molecule has 0 saturated heterocycles. The van der Waals surface area contributed by atoms with Crippen LogP contribution in [0, 0.1) is 6.92 Å². The summed E-state index contributed by atoms with van der Waals surface area (Å²) in [5.74, 6) is -1.31. The van der Waals surface area contributed by atoms with E-state index in [1.807, 2.05) is 50.2 Å². The highest BCUT2D eigenvalue weighted by Gasteiger charge is 2.13. The monoisotopic (exact) mass is 340 g/mol. The van der Waals surface area contributed by atoms with E-state index in [0.29, 0.717) is 18.7 Å². The fourth-order valence-electron chi connectivity index (χ4n) is 2.53. The summed E-state index contributed by atoms with van der Waals surface area (Å²) in [4.78, 5) is 23.9. The van der Waals surface area contributed by atoms with Crippen molar-refractivity contribution in [3.8, 4) is 0 Å². The van der Waals surface area contributed by atoms with Crippen LogP contribution in [0.3, 0.4) is 0 Å². The van der Waals surface area contributed by atoms with E-state index < -0.39 is 11.8 Å². The van der Waals surface area contributed by atoms with Crippen molar-refractivity contribution in [2.45, 2.75) is 33.3 Å². The Hall–Kier alpha value is -2.66. The number of rotatable bonds is 6. The topological polar surface area (TPSA) is 78.4 Å². The summed E-state index contributed by atoms with van der Waals surface area (Å²) < 4.78 is 0. The van der Waals surface area contributed by atoms with E-state index >= 15 is 0 Å². The number of nitrogens with one attached hydrogen (secondary N) is 2. The third-order valence-corrected chi connectivity index (χ3v) is 4.10. The molecule has 2 aromatic carbocycles. The number of aryl methyl sites for hydroxylation is 2. The molecular weight excluding hydrogens is 316 g/mol. The van der Waals surface area contributed by atoms with Gasteiger partial charge in [-0.3, -0.25) is 9.59 Å². The van der Waals surface area contributed by atoms with Crippen molar-refractivity contribution in [3.63, 3.8) is 0 Å². The molecule has 0 atom stereocenters. The second-order valence-electron chi connectivity index (χ2n) is 5.93. The van der Waals surface area contributed by atoms with Gasteiger partial charge in [-0.15, -0.1) is 0 Å². The third-order valence-electron chi connectivity index (χ3n) is 4.10. The number of carbonyl (C=O) groups excluding carboxylic acids is 2. The van der Waals surface area contributed by atoms with Crippen LogP contribution >= 0.6 is 0 Å². The first-order valence-corrected chi connectivity index (χ1v) is 8.41. The van der Waals surface area contributed by atoms with Crippen molar-refractivity contribution in [2.24, 2.45) is 0 Å². The molecule has 0 aliphatic heterocycles. The maximum atomic E-state index is 12.0. The van der Waals surface area contributed by atoms with Crippen LogP contribution in [0.4, 0.5) is 5.69 Å². The number of aliphatic hydroxyl groups is 1. The Morgan fingerprint density at radius 1 is 1.00 bits per heavy atom. The largest absolute Gasteiger partial charge is 0.392 e. The maximum Gasteiger partial charge on any atom is 0.313 e. The van der Waals surface area contributed by atoms with E-state index in [0.717, 1.165) is 28.7 Å². The summed E-state index contributed by atoms with van der Waals surface area (Å²) in [5, 5.41) is 14.3. The van der Waals surface area contributed by atoms with E-state index in [-0.39, 0.29) is 6.61 Å². The average molecular weight is 340 g/mol. The molecule has 0 saturated carbocycles. The third kappa shape index (κ3) is 5.43. The Morgan fingerprint density at radius 3 is 2.32 bits per heavy atom. The minimum atomic E-state index is -0.665. The zero-order chi connectivity index (χ0) is 18.2. The van der Waals surface area contributed by atoms with Gasteiger partial charge in [0.15, 0.2) is 0 Å². The lowest BCUT2D eigenvalue weighted by molar-refractivity contribution is -0.136. The molecule has 3 N–H and O–H groups in total. The van der Waals surface area contributed by atoms with Crippen molar-refractivity contribution in [1.82, 2.24) is 5.32 Å².